The Balaban J connectivity index is 2.17. The molecule has 0 saturated carbocycles. The third-order valence-corrected chi connectivity index (χ3v) is 6.04. The number of nitrogens with one attached hydrogen (secondary N) is 1. The summed E-state index contributed by atoms with van der Waals surface area (Å²) in [5.41, 5.74) is 1.07. The summed E-state index contributed by atoms with van der Waals surface area (Å²) in [5, 5.41) is 13.0. The largest absolute Gasteiger partial charge is 0.484 e. The van der Waals surface area contributed by atoms with Crippen LogP contribution in [0.4, 0.5) is 0 Å². The van der Waals surface area contributed by atoms with Crippen LogP contribution < -0.4 is 10.1 Å². The third kappa shape index (κ3) is 4.41. The number of ether oxygens (including phenoxy) is 1. The molecular weight excluding hydrogens is 426 g/mol. The van der Waals surface area contributed by atoms with E-state index >= 15 is 0 Å². The van der Waals surface area contributed by atoms with Crippen molar-refractivity contribution in [2.75, 3.05) is 18.1 Å². The van der Waals surface area contributed by atoms with E-state index in [1.54, 1.807) is 0 Å². The van der Waals surface area contributed by atoms with Gasteiger partial charge in [-0.25, -0.2) is 8.42 Å². The van der Waals surface area contributed by atoms with Crippen LogP contribution >= 0.6 is 31.9 Å². The summed E-state index contributed by atoms with van der Waals surface area (Å²) in [5.74, 6) is 0.105. The summed E-state index contributed by atoms with van der Waals surface area (Å²) >= 11 is 6.86. The first kappa shape index (κ1) is 17.2. The number of hydrogen-bond acceptors (Lipinski definition) is 5. The molecule has 1 aromatic rings. The molecule has 0 aliphatic carbocycles. The molecule has 118 valence electrons. The van der Waals surface area contributed by atoms with Gasteiger partial charge in [0, 0.05) is 6.54 Å². The van der Waals surface area contributed by atoms with Gasteiger partial charge < -0.3 is 15.2 Å². The molecule has 2 unspecified atom stereocenters. The summed E-state index contributed by atoms with van der Waals surface area (Å²) in [6, 6.07) is 3.83. The van der Waals surface area contributed by atoms with E-state index in [9.17, 15) is 13.5 Å². The van der Waals surface area contributed by atoms with Crippen LogP contribution in [-0.2, 0) is 16.4 Å². The van der Waals surface area contributed by atoms with Gasteiger partial charge in [-0.3, -0.25) is 0 Å². The SMILES string of the molecule is CCNCc1cc(Br)c(OC2CS(=O)(=O)CC2O)c(Br)c1. The fraction of sp³-hybridized carbons (Fsp3) is 0.538. The van der Waals surface area contributed by atoms with Gasteiger partial charge in [-0.1, -0.05) is 6.92 Å². The summed E-state index contributed by atoms with van der Waals surface area (Å²) in [7, 11) is -3.23. The Labute approximate surface area is 141 Å². The van der Waals surface area contributed by atoms with Gasteiger partial charge in [-0.05, 0) is 56.1 Å². The lowest BCUT2D eigenvalue weighted by atomic mass is 10.2. The number of rotatable bonds is 5. The zero-order chi connectivity index (χ0) is 15.6. The lowest BCUT2D eigenvalue weighted by Crippen LogP contribution is -2.30. The first-order chi connectivity index (χ1) is 9.82. The van der Waals surface area contributed by atoms with E-state index in [1.165, 1.54) is 0 Å². The Kier molecular flexibility index (Phi) is 5.70. The van der Waals surface area contributed by atoms with Crippen molar-refractivity contribution in [3.05, 3.63) is 26.6 Å². The minimum atomic E-state index is -3.23. The highest BCUT2D eigenvalue weighted by Crippen LogP contribution is 2.36. The summed E-state index contributed by atoms with van der Waals surface area (Å²) < 4.78 is 30.2. The van der Waals surface area contributed by atoms with Crippen LogP contribution in [0.15, 0.2) is 21.1 Å². The molecule has 1 fully saturated rings. The Hall–Kier alpha value is -0.150. The average molecular weight is 443 g/mol. The van der Waals surface area contributed by atoms with E-state index < -0.39 is 22.0 Å². The van der Waals surface area contributed by atoms with Crippen LogP contribution in [0, 0.1) is 0 Å². The van der Waals surface area contributed by atoms with Crippen LogP contribution in [0.25, 0.3) is 0 Å². The number of hydrogen-bond donors (Lipinski definition) is 2. The summed E-state index contributed by atoms with van der Waals surface area (Å²) in [6.45, 7) is 3.64. The van der Waals surface area contributed by atoms with Gasteiger partial charge in [0.1, 0.15) is 18.0 Å². The Bertz CT molecular complexity index is 598. The molecule has 0 amide bonds. The number of benzene rings is 1. The van der Waals surface area contributed by atoms with Gasteiger partial charge in [-0.15, -0.1) is 0 Å². The van der Waals surface area contributed by atoms with E-state index in [0.717, 1.165) is 27.6 Å². The monoisotopic (exact) mass is 441 g/mol. The van der Waals surface area contributed by atoms with Crippen molar-refractivity contribution in [2.45, 2.75) is 25.7 Å². The van der Waals surface area contributed by atoms with Gasteiger partial charge in [0.15, 0.2) is 9.84 Å². The average Bonchev–Trinajstić information content (AvgIpc) is 2.64. The fourth-order valence-electron chi connectivity index (χ4n) is 2.16. The standard InChI is InChI=1S/C13H17Br2NO4S/c1-2-16-5-8-3-9(14)13(10(15)4-8)20-12-7-21(18,19)6-11(12)17/h3-4,11-12,16-17H,2,5-7H2,1H3. The molecule has 5 nitrogen and oxygen atoms in total. The number of halogens is 2. The summed E-state index contributed by atoms with van der Waals surface area (Å²) in [6.07, 6.45) is -1.72. The quantitative estimate of drug-likeness (QED) is 0.727. The normalized spacial score (nSPS) is 24.2. The lowest BCUT2D eigenvalue weighted by Gasteiger charge is -2.19. The first-order valence-electron chi connectivity index (χ1n) is 6.56. The molecule has 0 radical (unpaired) electrons. The molecular formula is C13H17Br2NO4S. The predicted octanol–water partition coefficient (Wildman–Crippen LogP) is 1.86. The lowest BCUT2D eigenvalue weighted by molar-refractivity contribution is 0.0727. The molecule has 2 N–H and O–H groups in total. The van der Waals surface area contributed by atoms with Crippen molar-refractivity contribution in [1.82, 2.24) is 5.32 Å². The highest BCUT2D eigenvalue weighted by atomic mass is 79.9. The predicted molar refractivity (Wildman–Crippen MR) is 88.3 cm³/mol. The number of aliphatic hydroxyl groups excluding tert-OH is 1. The molecule has 0 spiro atoms. The maximum atomic E-state index is 11.5. The Morgan fingerprint density at radius 3 is 2.43 bits per heavy atom. The topological polar surface area (TPSA) is 75.6 Å². The highest BCUT2D eigenvalue weighted by molar-refractivity contribution is 9.11. The van der Waals surface area contributed by atoms with Gasteiger partial charge in [0.25, 0.3) is 0 Å². The zero-order valence-electron chi connectivity index (χ0n) is 11.5. The molecule has 1 aromatic carbocycles. The van der Waals surface area contributed by atoms with E-state index in [-0.39, 0.29) is 11.5 Å². The second-order valence-electron chi connectivity index (χ2n) is 4.97. The minimum Gasteiger partial charge on any atom is -0.484 e. The Morgan fingerprint density at radius 2 is 1.95 bits per heavy atom. The van der Waals surface area contributed by atoms with Crippen LogP contribution in [0.1, 0.15) is 12.5 Å². The van der Waals surface area contributed by atoms with E-state index in [0.29, 0.717) is 5.75 Å². The minimum absolute atomic E-state index is 0.161. The van der Waals surface area contributed by atoms with Gasteiger partial charge >= 0.3 is 0 Å². The van der Waals surface area contributed by atoms with Crippen molar-refractivity contribution >= 4 is 41.7 Å². The van der Waals surface area contributed by atoms with Gasteiger partial charge in [0.05, 0.1) is 20.5 Å². The number of sulfone groups is 1. The van der Waals surface area contributed by atoms with Gasteiger partial charge in [0.2, 0.25) is 0 Å². The van der Waals surface area contributed by atoms with Crippen molar-refractivity contribution in [3.63, 3.8) is 0 Å². The second kappa shape index (κ2) is 6.95. The maximum absolute atomic E-state index is 11.5. The van der Waals surface area contributed by atoms with Gasteiger partial charge in [-0.2, -0.15) is 0 Å². The third-order valence-electron chi connectivity index (χ3n) is 3.18. The highest BCUT2D eigenvalue weighted by Gasteiger charge is 2.38. The van der Waals surface area contributed by atoms with E-state index in [1.807, 2.05) is 19.1 Å². The second-order valence-corrected chi connectivity index (χ2v) is 8.83. The summed E-state index contributed by atoms with van der Waals surface area (Å²) in [4.78, 5) is 0. The van der Waals surface area contributed by atoms with Crippen LogP contribution in [0.2, 0.25) is 0 Å². The molecule has 2 rings (SSSR count). The van der Waals surface area contributed by atoms with Crippen molar-refractivity contribution in [2.24, 2.45) is 0 Å². The molecule has 21 heavy (non-hydrogen) atoms. The van der Waals surface area contributed by atoms with Crippen molar-refractivity contribution in [1.29, 1.82) is 0 Å². The van der Waals surface area contributed by atoms with Crippen LogP contribution in [0.3, 0.4) is 0 Å². The zero-order valence-corrected chi connectivity index (χ0v) is 15.5. The van der Waals surface area contributed by atoms with E-state index in [4.69, 9.17) is 4.74 Å². The smallest absolute Gasteiger partial charge is 0.156 e. The van der Waals surface area contributed by atoms with Crippen LogP contribution in [0.5, 0.6) is 5.75 Å². The number of aliphatic hydroxyl groups is 1. The van der Waals surface area contributed by atoms with Crippen molar-refractivity contribution < 1.29 is 18.3 Å². The first-order valence-corrected chi connectivity index (χ1v) is 9.97. The molecule has 0 aromatic heterocycles. The van der Waals surface area contributed by atoms with E-state index in [2.05, 4.69) is 37.2 Å². The molecule has 2 atom stereocenters. The molecule has 1 aliphatic heterocycles. The fourth-order valence-corrected chi connectivity index (χ4v) is 5.29. The molecule has 0 bridgehead atoms. The maximum Gasteiger partial charge on any atom is 0.156 e. The molecule has 1 saturated heterocycles. The molecule has 8 heteroatoms. The van der Waals surface area contributed by atoms with Crippen LogP contribution in [-0.4, -0.2) is 43.8 Å². The molecule has 1 heterocycles. The Morgan fingerprint density at radius 1 is 1.33 bits per heavy atom. The van der Waals surface area contributed by atoms with Crippen molar-refractivity contribution in [3.8, 4) is 5.75 Å². The molecule has 1 aliphatic rings.